The molecular formula is C33H41NO2. The third kappa shape index (κ3) is 6.31. The Bertz CT molecular complexity index is 1070. The van der Waals surface area contributed by atoms with Crippen molar-refractivity contribution >= 4 is 0 Å². The van der Waals surface area contributed by atoms with Crippen LogP contribution in [-0.2, 0) is 6.42 Å². The first-order valence-corrected chi connectivity index (χ1v) is 14.1. The number of rotatable bonds is 11. The predicted octanol–water partition coefficient (Wildman–Crippen LogP) is 7.68. The number of unbranched alkanes of at least 4 members (excludes halogenated alkanes) is 5. The maximum absolute atomic E-state index is 9.99. The van der Waals surface area contributed by atoms with Gasteiger partial charge in [-0.1, -0.05) is 86.3 Å². The summed E-state index contributed by atoms with van der Waals surface area (Å²) in [4.78, 5) is 2.63. The summed E-state index contributed by atoms with van der Waals surface area (Å²) in [5, 5.41) is 9.99. The van der Waals surface area contributed by atoms with Crippen LogP contribution in [0.4, 0.5) is 0 Å². The fourth-order valence-corrected chi connectivity index (χ4v) is 6.07. The third-order valence-corrected chi connectivity index (χ3v) is 8.11. The molecule has 0 spiro atoms. The van der Waals surface area contributed by atoms with Gasteiger partial charge in [0.15, 0.2) is 0 Å². The van der Waals surface area contributed by atoms with Gasteiger partial charge in [-0.2, -0.15) is 0 Å². The van der Waals surface area contributed by atoms with Crippen molar-refractivity contribution in [3.8, 4) is 11.5 Å². The van der Waals surface area contributed by atoms with Gasteiger partial charge in [-0.25, -0.2) is 0 Å². The molecule has 190 valence electrons. The topological polar surface area (TPSA) is 32.7 Å². The number of nitrogens with zero attached hydrogens (tertiary/aromatic N) is 1. The van der Waals surface area contributed by atoms with Gasteiger partial charge < -0.3 is 14.7 Å². The fourth-order valence-electron chi connectivity index (χ4n) is 6.07. The van der Waals surface area contributed by atoms with Crippen molar-refractivity contribution in [3.05, 3.63) is 95.1 Å². The monoisotopic (exact) mass is 483 g/mol. The fraction of sp³-hybridized carbons (Fsp3) is 0.455. The van der Waals surface area contributed by atoms with E-state index in [1.807, 2.05) is 6.07 Å². The molecule has 3 aromatic rings. The van der Waals surface area contributed by atoms with Crippen molar-refractivity contribution < 1.29 is 9.84 Å². The van der Waals surface area contributed by atoms with E-state index in [2.05, 4.69) is 59.5 Å². The van der Waals surface area contributed by atoms with Gasteiger partial charge in [0, 0.05) is 23.5 Å². The summed E-state index contributed by atoms with van der Waals surface area (Å²) in [7, 11) is 0. The van der Waals surface area contributed by atoms with Crippen LogP contribution in [-0.4, -0.2) is 36.2 Å². The molecule has 0 bridgehead atoms. The van der Waals surface area contributed by atoms with Gasteiger partial charge in [-0.05, 0) is 74.5 Å². The molecule has 0 saturated carbocycles. The lowest BCUT2D eigenvalue weighted by Gasteiger charge is -2.34. The predicted molar refractivity (Wildman–Crippen MR) is 148 cm³/mol. The van der Waals surface area contributed by atoms with E-state index in [9.17, 15) is 5.11 Å². The van der Waals surface area contributed by atoms with Crippen molar-refractivity contribution in [2.24, 2.45) is 0 Å². The molecule has 1 fully saturated rings. The van der Waals surface area contributed by atoms with Crippen LogP contribution in [0.1, 0.15) is 85.5 Å². The molecule has 0 amide bonds. The number of benzene rings is 3. The van der Waals surface area contributed by atoms with E-state index >= 15 is 0 Å². The van der Waals surface area contributed by atoms with E-state index in [4.69, 9.17) is 4.74 Å². The van der Waals surface area contributed by atoms with Gasteiger partial charge in [-0.3, -0.25) is 0 Å². The first-order chi connectivity index (χ1) is 17.8. The summed E-state index contributed by atoms with van der Waals surface area (Å²) in [5.74, 6) is 1.52. The van der Waals surface area contributed by atoms with E-state index in [0.717, 1.165) is 17.7 Å². The number of phenols is 1. The molecule has 3 nitrogen and oxygen atoms in total. The van der Waals surface area contributed by atoms with E-state index in [-0.39, 0.29) is 17.6 Å². The van der Waals surface area contributed by atoms with Crippen molar-refractivity contribution in [1.29, 1.82) is 0 Å². The van der Waals surface area contributed by atoms with E-state index < -0.39 is 0 Å². The van der Waals surface area contributed by atoms with Crippen LogP contribution in [0, 0.1) is 0 Å². The van der Waals surface area contributed by atoms with Gasteiger partial charge >= 0.3 is 0 Å². The van der Waals surface area contributed by atoms with Crippen LogP contribution < -0.4 is 4.74 Å². The minimum atomic E-state index is 0.214. The van der Waals surface area contributed by atoms with Crippen molar-refractivity contribution in [2.75, 3.05) is 26.2 Å². The molecule has 2 atom stereocenters. The summed E-state index contributed by atoms with van der Waals surface area (Å²) < 4.78 is 6.11. The number of hydrogen-bond acceptors (Lipinski definition) is 3. The lowest BCUT2D eigenvalue weighted by molar-refractivity contribution is 0.248. The zero-order chi connectivity index (χ0) is 24.6. The lowest BCUT2D eigenvalue weighted by Crippen LogP contribution is -2.25. The second kappa shape index (κ2) is 12.5. The van der Waals surface area contributed by atoms with Gasteiger partial charge in [0.05, 0.1) is 6.61 Å². The number of aryl methyl sites for hydroxylation is 1. The standard InChI is InChI=1S/C33H41NO2/c35-29-19-20-30-32(24-29)36-25-31(27-13-7-5-8-14-27)33(30)28-17-15-26(16-18-28)12-6-3-1-2-4-9-21-34-22-10-11-23-34/h5,7-8,13-20,24,31,33,35H,1-4,6,9-12,21-23,25H2/t31-,33-/m1/s1. The quantitative estimate of drug-likeness (QED) is 0.284. The molecule has 3 aromatic carbocycles. The molecule has 0 unspecified atom stereocenters. The molecular weight excluding hydrogens is 442 g/mol. The van der Waals surface area contributed by atoms with Crippen LogP contribution >= 0.6 is 0 Å². The van der Waals surface area contributed by atoms with Crippen LogP contribution in [0.15, 0.2) is 72.8 Å². The summed E-state index contributed by atoms with van der Waals surface area (Å²) in [6.07, 6.45) is 12.1. The molecule has 0 aromatic heterocycles. The minimum absolute atomic E-state index is 0.214. The van der Waals surface area contributed by atoms with Crippen molar-refractivity contribution in [3.63, 3.8) is 0 Å². The largest absolute Gasteiger partial charge is 0.508 e. The van der Waals surface area contributed by atoms with Gasteiger partial charge in [-0.15, -0.1) is 0 Å². The first-order valence-electron chi connectivity index (χ1n) is 14.1. The Morgan fingerprint density at radius 3 is 2.25 bits per heavy atom. The lowest BCUT2D eigenvalue weighted by atomic mass is 9.75. The molecule has 1 saturated heterocycles. The van der Waals surface area contributed by atoms with Crippen LogP contribution in [0.5, 0.6) is 11.5 Å². The Hall–Kier alpha value is -2.78. The molecule has 3 heteroatoms. The number of phenolic OH excluding ortho intramolecular Hbond substituents is 1. The molecule has 36 heavy (non-hydrogen) atoms. The van der Waals surface area contributed by atoms with E-state index in [0.29, 0.717) is 6.61 Å². The Morgan fingerprint density at radius 2 is 1.47 bits per heavy atom. The zero-order valence-corrected chi connectivity index (χ0v) is 21.6. The molecule has 2 heterocycles. The highest BCUT2D eigenvalue weighted by molar-refractivity contribution is 5.50. The highest BCUT2D eigenvalue weighted by Crippen LogP contribution is 2.46. The number of fused-ring (bicyclic) bond motifs is 1. The summed E-state index contributed by atoms with van der Waals surface area (Å²) in [5.41, 5.74) is 5.21. The van der Waals surface area contributed by atoms with E-state index in [1.165, 1.54) is 87.7 Å². The Kier molecular flexibility index (Phi) is 8.61. The normalized spacial score (nSPS) is 19.7. The molecule has 5 rings (SSSR count). The number of aromatic hydroxyl groups is 1. The number of ether oxygens (including phenoxy) is 1. The minimum Gasteiger partial charge on any atom is -0.508 e. The molecule has 0 aliphatic carbocycles. The first kappa shape index (κ1) is 24.9. The zero-order valence-electron chi connectivity index (χ0n) is 21.6. The van der Waals surface area contributed by atoms with Crippen LogP contribution in [0.2, 0.25) is 0 Å². The Balaban J connectivity index is 1.15. The second-order valence-corrected chi connectivity index (χ2v) is 10.7. The molecule has 1 N–H and O–H groups in total. The molecule has 2 aliphatic heterocycles. The maximum atomic E-state index is 9.99. The second-order valence-electron chi connectivity index (χ2n) is 10.7. The summed E-state index contributed by atoms with van der Waals surface area (Å²) >= 11 is 0. The van der Waals surface area contributed by atoms with Gasteiger partial charge in [0.1, 0.15) is 11.5 Å². The smallest absolute Gasteiger partial charge is 0.126 e. The molecule has 0 radical (unpaired) electrons. The van der Waals surface area contributed by atoms with Gasteiger partial charge in [0.2, 0.25) is 0 Å². The summed E-state index contributed by atoms with van der Waals surface area (Å²) in [6, 6.07) is 25.5. The maximum Gasteiger partial charge on any atom is 0.126 e. The Morgan fingerprint density at radius 1 is 0.750 bits per heavy atom. The number of hydrogen-bond donors (Lipinski definition) is 1. The average molecular weight is 484 g/mol. The van der Waals surface area contributed by atoms with Gasteiger partial charge in [0.25, 0.3) is 0 Å². The SMILES string of the molecule is Oc1ccc2c(c1)OC[C@H](c1ccccc1)[C@@H]2c1ccc(CCCCCCCCN2CCCC2)cc1. The average Bonchev–Trinajstić information content (AvgIpc) is 3.44. The Labute approximate surface area is 217 Å². The highest BCUT2D eigenvalue weighted by Gasteiger charge is 2.33. The molecule has 2 aliphatic rings. The van der Waals surface area contributed by atoms with Crippen molar-refractivity contribution in [1.82, 2.24) is 4.90 Å². The number of likely N-dealkylation sites (tertiary alicyclic amines) is 1. The van der Waals surface area contributed by atoms with E-state index in [1.54, 1.807) is 12.1 Å². The van der Waals surface area contributed by atoms with Crippen LogP contribution in [0.25, 0.3) is 0 Å². The van der Waals surface area contributed by atoms with Crippen molar-refractivity contribution in [2.45, 2.75) is 69.6 Å². The summed E-state index contributed by atoms with van der Waals surface area (Å²) in [6.45, 7) is 4.59. The highest BCUT2D eigenvalue weighted by atomic mass is 16.5. The van der Waals surface area contributed by atoms with Crippen LogP contribution in [0.3, 0.4) is 0 Å². The third-order valence-electron chi connectivity index (χ3n) is 8.11.